The summed E-state index contributed by atoms with van der Waals surface area (Å²) >= 11 is 2.03. The number of anilines is 3. The minimum absolute atomic E-state index is 0.131. The smallest absolute Gasteiger partial charge is 0.0464 e. The number of hydrogen-bond donors (Lipinski definition) is 0. The van der Waals surface area contributed by atoms with Gasteiger partial charge in [0.25, 0.3) is 0 Å². The molecule has 0 radical (unpaired) electrons. The highest BCUT2D eigenvalue weighted by Gasteiger charge is 2.84. The molecule has 4 fully saturated rings. The molecule has 2 bridgehead atoms. The highest BCUT2D eigenvalue weighted by molar-refractivity contribution is 7.99. The van der Waals surface area contributed by atoms with Crippen molar-refractivity contribution in [3.8, 4) is 22.3 Å². The molecule has 6 atom stereocenters. The van der Waals surface area contributed by atoms with Crippen LogP contribution in [0.4, 0.5) is 17.1 Å². The molecular formula is C54H51NS. The van der Waals surface area contributed by atoms with Crippen LogP contribution in [-0.2, 0) is 16.2 Å². The molecular weight excluding hydrogens is 695 g/mol. The Morgan fingerprint density at radius 2 is 1.14 bits per heavy atom. The maximum absolute atomic E-state index is 2.53. The quantitative estimate of drug-likeness (QED) is 0.173. The average molecular weight is 746 g/mol. The number of fused-ring (bicyclic) bond motifs is 8. The first-order valence-electron chi connectivity index (χ1n) is 21.3. The molecule has 6 aromatic rings. The molecule has 0 aromatic heterocycles. The Morgan fingerprint density at radius 1 is 0.518 bits per heavy atom. The monoisotopic (exact) mass is 745 g/mol. The van der Waals surface area contributed by atoms with Crippen molar-refractivity contribution in [3.05, 3.63) is 162 Å². The van der Waals surface area contributed by atoms with Gasteiger partial charge < -0.3 is 4.90 Å². The summed E-state index contributed by atoms with van der Waals surface area (Å²) in [7, 11) is 0. The third-order valence-corrected chi connectivity index (χ3v) is 17.5. The van der Waals surface area contributed by atoms with Crippen molar-refractivity contribution in [1.29, 1.82) is 0 Å². The highest BCUT2D eigenvalue weighted by atomic mass is 32.2. The highest BCUT2D eigenvalue weighted by Crippen LogP contribution is 2.89. The van der Waals surface area contributed by atoms with Crippen molar-refractivity contribution < 1.29 is 0 Å². The van der Waals surface area contributed by atoms with Gasteiger partial charge in [-0.05, 0) is 165 Å². The third-order valence-electron chi connectivity index (χ3n) is 16.3. The van der Waals surface area contributed by atoms with Crippen molar-refractivity contribution in [2.75, 3.05) is 4.90 Å². The molecule has 0 N–H and O–H groups in total. The van der Waals surface area contributed by atoms with Gasteiger partial charge in [0.15, 0.2) is 0 Å². The number of nitrogens with zero attached hydrogens (tertiary/aromatic N) is 1. The molecule has 278 valence electrons. The molecule has 1 aliphatic heterocycles. The Balaban J connectivity index is 0.963. The predicted molar refractivity (Wildman–Crippen MR) is 233 cm³/mol. The Morgan fingerprint density at radius 3 is 1.89 bits per heavy atom. The fraction of sp³-hybridized carbons (Fsp3) is 0.333. The zero-order valence-corrected chi connectivity index (χ0v) is 34.0. The summed E-state index contributed by atoms with van der Waals surface area (Å²) in [6.07, 6.45) is 8.30. The standard InChI is InChI=1S/C54H51NS/c1-51(2)27-28-52(3,4)46-32-41(25-26-43(46)51)55(39-21-17-36(18-22-39)35-11-6-5-7-12-35)40-23-19-37(20-24-40)42-13-10-15-45-50(42)56-47-16-9-8-14-44(47)54(45)48-30-34-29-38-31-49(54)53(38,48)33-34/h5-26,32,34,38,48-49H,27-31,33H2,1-4H3. The molecule has 6 aliphatic rings. The van der Waals surface area contributed by atoms with Crippen molar-refractivity contribution >= 4 is 28.8 Å². The van der Waals surface area contributed by atoms with Crippen LogP contribution in [0.5, 0.6) is 0 Å². The summed E-state index contributed by atoms with van der Waals surface area (Å²) in [5, 5.41) is 0. The SMILES string of the molecule is CC1(C)CCC(C)(C)c2cc(N(c3ccc(-c4ccccc4)cc3)c3ccc(-c4cccc5c4Sc4ccccc4C54C5CC6CC7CC4C75C6)cc3)ccc21. The zero-order chi connectivity index (χ0) is 37.6. The van der Waals surface area contributed by atoms with Gasteiger partial charge >= 0.3 is 0 Å². The summed E-state index contributed by atoms with van der Waals surface area (Å²) in [6.45, 7) is 9.71. The molecule has 5 aliphatic carbocycles. The molecule has 2 spiro atoms. The van der Waals surface area contributed by atoms with Crippen LogP contribution in [0.25, 0.3) is 22.3 Å². The molecule has 1 heterocycles. The molecule has 56 heavy (non-hydrogen) atoms. The van der Waals surface area contributed by atoms with E-state index in [0.717, 1.165) is 23.7 Å². The van der Waals surface area contributed by atoms with Crippen LogP contribution in [0.15, 0.2) is 149 Å². The molecule has 12 rings (SSSR count). The summed E-state index contributed by atoms with van der Waals surface area (Å²) in [4.78, 5) is 5.48. The summed E-state index contributed by atoms with van der Waals surface area (Å²) in [5.41, 5.74) is 16.2. The minimum atomic E-state index is 0.131. The van der Waals surface area contributed by atoms with Crippen molar-refractivity contribution in [3.63, 3.8) is 0 Å². The van der Waals surface area contributed by atoms with E-state index in [1.165, 1.54) is 98.8 Å². The lowest BCUT2D eigenvalue weighted by atomic mass is 9.26. The number of benzene rings is 6. The second kappa shape index (κ2) is 11.5. The lowest BCUT2D eigenvalue weighted by Crippen LogP contribution is -2.74. The second-order valence-corrected chi connectivity index (χ2v) is 20.7. The van der Waals surface area contributed by atoms with E-state index in [1.54, 1.807) is 11.1 Å². The van der Waals surface area contributed by atoms with Gasteiger partial charge in [0.1, 0.15) is 0 Å². The largest absolute Gasteiger partial charge is 0.310 e. The van der Waals surface area contributed by atoms with E-state index >= 15 is 0 Å². The van der Waals surface area contributed by atoms with Gasteiger partial charge in [0.05, 0.1) is 0 Å². The molecule has 0 amide bonds. The summed E-state index contributed by atoms with van der Waals surface area (Å²) in [5.74, 6) is 3.57. The van der Waals surface area contributed by atoms with E-state index in [9.17, 15) is 0 Å². The maximum Gasteiger partial charge on any atom is 0.0464 e. The van der Waals surface area contributed by atoms with Crippen LogP contribution < -0.4 is 4.90 Å². The average Bonchev–Trinajstić information content (AvgIpc) is 3.76. The topological polar surface area (TPSA) is 3.24 Å². The first-order valence-corrected chi connectivity index (χ1v) is 22.1. The van der Waals surface area contributed by atoms with Crippen molar-refractivity contribution in [1.82, 2.24) is 0 Å². The van der Waals surface area contributed by atoms with Crippen molar-refractivity contribution in [2.45, 2.75) is 92.3 Å². The molecule has 6 unspecified atom stereocenters. The van der Waals surface area contributed by atoms with Crippen LogP contribution >= 0.6 is 11.8 Å². The van der Waals surface area contributed by atoms with Gasteiger partial charge in [0.2, 0.25) is 0 Å². The third kappa shape index (κ3) is 4.35. The van der Waals surface area contributed by atoms with E-state index in [0.29, 0.717) is 5.41 Å². The first-order chi connectivity index (χ1) is 27.2. The summed E-state index contributed by atoms with van der Waals surface area (Å²) < 4.78 is 0. The van der Waals surface area contributed by atoms with E-state index in [2.05, 4.69) is 172 Å². The predicted octanol–water partition coefficient (Wildman–Crippen LogP) is 14.7. The van der Waals surface area contributed by atoms with Crippen LogP contribution in [0.1, 0.15) is 88.5 Å². The maximum atomic E-state index is 2.53. The first kappa shape index (κ1) is 33.6. The second-order valence-electron chi connectivity index (χ2n) is 19.6. The van der Waals surface area contributed by atoms with Gasteiger partial charge in [0, 0.05) is 32.3 Å². The Hall–Kier alpha value is -4.53. The van der Waals surface area contributed by atoms with E-state index in [1.807, 2.05) is 11.8 Å². The molecule has 4 saturated carbocycles. The lowest BCUT2D eigenvalue weighted by Gasteiger charge is -2.78. The van der Waals surface area contributed by atoms with Crippen LogP contribution in [0.2, 0.25) is 0 Å². The van der Waals surface area contributed by atoms with E-state index in [4.69, 9.17) is 0 Å². The van der Waals surface area contributed by atoms with Crippen LogP contribution in [-0.4, -0.2) is 0 Å². The minimum Gasteiger partial charge on any atom is -0.310 e. The fourth-order valence-electron chi connectivity index (χ4n) is 13.7. The van der Waals surface area contributed by atoms with E-state index in [-0.39, 0.29) is 16.2 Å². The van der Waals surface area contributed by atoms with Gasteiger partial charge in [-0.3, -0.25) is 0 Å². The van der Waals surface area contributed by atoms with Crippen molar-refractivity contribution in [2.24, 2.45) is 29.1 Å². The zero-order valence-electron chi connectivity index (χ0n) is 33.2. The number of hydrogen-bond acceptors (Lipinski definition) is 2. The van der Waals surface area contributed by atoms with Gasteiger partial charge in [-0.2, -0.15) is 0 Å². The van der Waals surface area contributed by atoms with Crippen LogP contribution in [0, 0.1) is 29.1 Å². The molecule has 6 aromatic carbocycles. The molecule has 2 heteroatoms. The number of rotatable bonds is 5. The lowest BCUT2D eigenvalue weighted by molar-refractivity contribution is -0.235. The summed E-state index contributed by atoms with van der Waals surface area (Å²) in [6, 6.07) is 53.5. The van der Waals surface area contributed by atoms with Gasteiger partial charge in [-0.1, -0.05) is 137 Å². The Bertz CT molecular complexity index is 2550. The normalized spacial score (nSPS) is 29.0. The Labute approximate surface area is 337 Å². The van der Waals surface area contributed by atoms with Gasteiger partial charge in [-0.25, -0.2) is 0 Å². The molecule has 0 saturated heterocycles. The Kier molecular flexibility index (Phi) is 6.92. The molecule has 1 nitrogen and oxygen atoms in total. The van der Waals surface area contributed by atoms with E-state index < -0.39 is 0 Å². The fourth-order valence-corrected chi connectivity index (χ4v) is 15.1. The van der Waals surface area contributed by atoms with Crippen LogP contribution in [0.3, 0.4) is 0 Å². The van der Waals surface area contributed by atoms with Gasteiger partial charge in [-0.15, -0.1) is 0 Å².